The van der Waals surface area contributed by atoms with E-state index in [1.807, 2.05) is 48.5 Å². The van der Waals surface area contributed by atoms with Gasteiger partial charge in [-0.25, -0.2) is 14.4 Å². The van der Waals surface area contributed by atoms with Crippen LogP contribution in [0.3, 0.4) is 0 Å². The Morgan fingerprint density at radius 3 is 2.12 bits per heavy atom. The summed E-state index contributed by atoms with van der Waals surface area (Å²) in [7, 11) is 0. The van der Waals surface area contributed by atoms with Crippen LogP contribution in [0, 0.1) is 0 Å². The molecule has 0 aromatic heterocycles. The fourth-order valence-electron chi connectivity index (χ4n) is 4.06. The molecule has 0 fully saturated rings. The molecule has 1 amide bonds. The van der Waals surface area contributed by atoms with Crippen molar-refractivity contribution in [3.05, 3.63) is 102 Å². The normalized spacial score (nSPS) is 12.7. The number of ether oxygens (including phenoxy) is 2. The SMILES string of the molecule is C=CC(=O)OC(=O)[C@H](Cc1ccc(O)cc1)NC(=O)OCC1c2ccccc2-c2ccccc21. The molecule has 2 N–H and O–H groups in total. The van der Waals surface area contributed by atoms with Crippen LogP contribution in [0.5, 0.6) is 5.75 Å². The van der Waals surface area contributed by atoms with Gasteiger partial charge in [-0.15, -0.1) is 0 Å². The highest BCUT2D eigenvalue weighted by Gasteiger charge is 2.30. The summed E-state index contributed by atoms with van der Waals surface area (Å²) in [6, 6.07) is 20.9. The monoisotopic (exact) mass is 457 g/mol. The number of phenolic OH excluding ortho intramolecular Hbond substituents is 1. The molecule has 0 unspecified atom stereocenters. The standard InChI is InChI=1S/C27H23NO6/c1-2-25(30)34-26(31)24(15-17-11-13-18(29)14-12-17)28-27(32)33-16-23-21-9-5-3-7-19(21)20-8-4-6-10-22(20)23/h2-14,23-24,29H,1,15-16H2,(H,28,32)/t24-/m0/s1. The minimum absolute atomic E-state index is 0.0354. The van der Waals surface area contributed by atoms with Crippen molar-refractivity contribution >= 4 is 18.0 Å². The number of carbonyl (C=O) groups excluding carboxylic acids is 3. The lowest BCUT2D eigenvalue weighted by atomic mass is 9.98. The van der Waals surface area contributed by atoms with E-state index in [0.717, 1.165) is 28.3 Å². The highest BCUT2D eigenvalue weighted by Crippen LogP contribution is 2.44. The smallest absolute Gasteiger partial charge is 0.407 e. The van der Waals surface area contributed by atoms with Gasteiger partial charge in [0.1, 0.15) is 18.4 Å². The highest BCUT2D eigenvalue weighted by molar-refractivity contribution is 5.94. The van der Waals surface area contributed by atoms with Crippen LogP contribution in [0.25, 0.3) is 11.1 Å². The van der Waals surface area contributed by atoms with E-state index in [2.05, 4.69) is 11.9 Å². The minimum Gasteiger partial charge on any atom is -0.508 e. The first-order valence-corrected chi connectivity index (χ1v) is 10.7. The van der Waals surface area contributed by atoms with Crippen LogP contribution in [0.4, 0.5) is 4.79 Å². The third kappa shape index (κ3) is 4.99. The lowest BCUT2D eigenvalue weighted by Gasteiger charge is -2.19. The van der Waals surface area contributed by atoms with Crippen molar-refractivity contribution in [3.8, 4) is 16.9 Å². The topological polar surface area (TPSA) is 102 Å². The van der Waals surface area contributed by atoms with Gasteiger partial charge in [0, 0.05) is 18.4 Å². The largest absolute Gasteiger partial charge is 0.508 e. The van der Waals surface area contributed by atoms with E-state index in [1.54, 1.807) is 12.1 Å². The number of fused-ring (bicyclic) bond motifs is 3. The zero-order valence-corrected chi connectivity index (χ0v) is 18.3. The fraction of sp³-hybridized carbons (Fsp3) is 0.148. The summed E-state index contributed by atoms with van der Waals surface area (Å²) >= 11 is 0. The molecule has 172 valence electrons. The maximum atomic E-state index is 12.7. The zero-order chi connectivity index (χ0) is 24.1. The number of hydrogen-bond acceptors (Lipinski definition) is 6. The van der Waals surface area contributed by atoms with Crippen molar-refractivity contribution in [3.63, 3.8) is 0 Å². The second-order valence-corrected chi connectivity index (χ2v) is 7.84. The van der Waals surface area contributed by atoms with Crippen LogP contribution in [0.15, 0.2) is 85.5 Å². The minimum atomic E-state index is -1.18. The lowest BCUT2D eigenvalue weighted by molar-refractivity contribution is -0.157. The van der Waals surface area contributed by atoms with Crippen LogP contribution in [0.1, 0.15) is 22.6 Å². The van der Waals surface area contributed by atoms with Gasteiger partial charge in [0.05, 0.1) is 0 Å². The number of phenols is 1. The summed E-state index contributed by atoms with van der Waals surface area (Å²) < 4.78 is 10.2. The van der Waals surface area contributed by atoms with Gasteiger partial charge < -0.3 is 19.9 Å². The van der Waals surface area contributed by atoms with Gasteiger partial charge in [0.2, 0.25) is 0 Å². The molecule has 0 saturated carbocycles. The van der Waals surface area contributed by atoms with Gasteiger partial charge >= 0.3 is 18.0 Å². The number of carbonyl (C=O) groups is 3. The van der Waals surface area contributed by atoms with E-state index in [0.29, 0.717) is 5.56 Å². The van der Waals surface area contributed by atoms with Crippen LogP contribution in [-0.4, -0.2) is 35.8 Å². The zero-order valence-electron chi connectivity index (χ0n) is 18.3. The fourth-order valence-corrected chi connectivity index (χ4v) is 4.06. The number of hydrogen-bond donors (Lipinski definition) is 2. The highest BCUT2D eigenvalue weighted by atomic mass is 16.6. The summed E-state index contributed by atoms with van der Waals surface area (Å²) in [4.78, 5) is 36.7. The quantitative estimate of drug-likeness (QED) is 0.315. The molecule has 0 aliphatic heterocycles. The molecule has 1 aliphatic carbocycles. The Bertz CT molecular complexity index is 1190. The molecule has 4 rings (SSSR count). The van der Waals surface area contributed by atoms with E-state index in [-0.39, 0.29) is 24.7 Å². The van der Waals surface area contributed by atoms with Gasteiger partial charge in [-0.05, 0) is 39.9 Å². The lowest BCUT2D eigenvalue weighted by Crippen LogP contribution is -2.44. The number of benzene rings is 3. The number of rotatable bonds is 7. The van der Waals surface area contributed by atoms with Gasteiger partial charge in [0.15, 0.2) is 0 Å². The molecule has 34 heavy (non-hydrogen) atoms. The molecule has 0 heterocycles. The third-order valence-corrected chi connectivity index (χ3v) is 5.66. The Balaban J connectivity index is 1.46. The summed E-state index contributed by atoms with van der Waals surface area (Å²) in [5.41, 5.74) is 4.97. The van der Waals surface area contributed by atoms with Crippen molar-refractivity contribution in [1.82, 2.24) is 5.32 Å². The number of esters is 2. The molecular weight excluding hydrogens is 434 g/mol. The third-order valence-electron chi connectivity index (χ3n) is 5.66. The Morgan fingerprint density at radius 2 is 1.53 bits per heavy atom. The molecule has 0 spiro atoms. The summed E-state index contributed by atoms with van der Waals surface area (Å²) in [5.74, 6) is -1.93. The number of aromatic hydroxyl groups is 1. The van der Waals surface area contributed by atoms with E-state index in [4.69, 9.17) is 9.47 Å². The summed E-state index contributed by atoms with van der Waals surface area (Å²) in [6.45, 7) is 3.35. The first kappa shape index (κ1) is 22.8. The molecule has 7 heteroatoms. The number of amides is 1. The molecule has 7 nitrogen and oxygen atoms in total. The van der Waals surface area contributed by atoms with Crippen molar-refractivity contribution in [2.45, 2.75) is 18.4 Å². The van der Waals surface area contributed by atoms with Crippen LogP contribution < -0.4 is 5.32 Å². The Kier molecular flexibility index (Phi) is 6.73. The van der Waals surface area contributed by atoms with E-state index >= 15 is 0 Å². The van der Waals surface area contributed by atoms with E-state index in [1.165, 1.54) is 12.1 Å². The maximum absolute atomic E-state index is 12.7. The van der Waals surface area contributed by atoms with Crippen molar-refractivity contribution < 1.29 is 29.0 Å². The summed E-state index contributed by atoms with van der Waals surface area (Å²) in [6.07, 6.45) is 0.0879. The second-order valence-electron chi connectivity index (χ2n) is 7.84. The van der Waals surface area contributed by atoms with Crippen molar-refractivity contribution in [2.75, 3.05) is 6.61 Å². The number of nitrogens with one attached hydrogen (secondary N) is 1. The Labute approximate surface area is 196 Å². The van der Waals surface area contributed by atoms with Crippen LogP contribution in [-0.2, 0) is 25.5 Å². The Hall–Kier alpha value is -4.39. The van der Waals surface area contributed by atoms with Crippen molar-refractivity contribution in [2.24, 2.45) is 0 Å². The molecule has 3 aromatic carbocycles. The summed E-state index contributed by atoms with van der Waals surface area (Å²) in [5, 5.41) is 12.0. The molecule has 0 bridgehead atoms. The second kappa shape index (κ2) is 10.0. The molecule has 1 aliphatic rings. The van der Waals surface area contributed by atoms with E-state index in [9.17, 15) is 19.5 Å². The average Bonchev–Trinajstić information content (AvgIpc) is 3.17. The molecule has 1 atom stereocenters. The van der Waals surface area contributed by atoms with Crippen LogP contribution >= 0.6 is 0 Å². The average molecular weight is 457 g/mol. The predicted octanol–water partition coefficient (Wildman–Crippen LogP) is 4.10. The van der Waals surface area contributed by atoms with Gasteiger partial charge in [-0.1, -0.05) is 67.2 Å². The molecule has 3 aromatic rings. The van der Waals surface area contributed by atoms with E-state index < -0.39 is 24.1 Å². The van der Waals surface area contributed by atoms with Gasteiger partial charge in [-0.3, -0.25) is 0 Å². The Morgan fingerprint density at radius 1 is 0.941 bits per heavy atom. The molecule has 0 saturated heterocycles. The number of alkyl carbamates (subject to hydrolysis) is 1. The maximum Gasteiger partial charge on any atom is 0.407 e. The van der Waals surface area contributed by atoms with Gasteiger partial charge in [-0.2, -0.15) is 0 Å². The molecular formula is C27H23NO6. The molecule has 0 radical (unpaired) electrons. The first-order chi connectivity index (χ1) is 16.5. The van der Waals surface area contributed by atoms with Crippen LogP contribution in [0.2, 0.25) is 0 Å². The predicted molar refractivity (Wildman–Crippen MR) is 125 cm³/mol. The first-order valence-electron chi connectivity index (χ1n) is 10.7. The van der Waals surface area contributed by atoms with Crippen molar-refractivity contribution in [1.29, 1.82) is 0 Å². The van der Waals surface area contributed by atoms with Gasteiger partial charge in [0.25, 0.3) is 0 Å².